The molecule has 0 spiro atoms. The molecular formula is C15H17N5. The van der Waals surface area contributed by atoms with E-state index in [1.54, 1.807) is 6.20 Å². The minimum Gasteiger partial charge on any atom is -0.399 e. The molecule has 0 bridgehead atoms. The SMILES string of the molecule is CCc1nc2cc(N)ccc2n1Cc1ccnc(C)n1. The average molecular weight is 267 g/mol. The third kappa shape index (κ3) is 2.22. The maximum Gasteiger partial charge on any atom is 0.125 e. The Labute approximate surface area is 117 Å². The highest BCUT2D eigenvalue weighted by Gasteiger charge is 2.10. The number of aryl methyl sites for hydroxylation is 2. The van der Waals surface area contributed by atoms with Crippen molar-refractivity contribution < 1.29 is 0 Å². The Morgan fingerprint density at radius 2 is 2.05 bits per heavy atom. The van der Waals surface area contributed by atoms with Crippen LogP contribution in [0, 0.1) is 6.92 Å². The minimum atomic E-state index is 0.701. The zero-order valence-corrected chi connectivity index (χ0v) is 11.7. The van der Waals surface area contributed by atoms with Gasteiger partial charge in [-0.2, -0.15) is 0 Å². The van der Waals surface area contributed by atoms with Gasteiger partial charge in [-0.15, -0.1) is 0 Å². The molecule has 5 heteroatoms. The lowest BCUT2D eigenvalue weighted by Crippen LogP contribution is -2.06. The van der Waals surface area contributed by atoms with Crippen molar-refractivity contribution in [3.05, 3.63) is 47.8 Å². The van der Waals surface area contributed by atoms with E-state index in [0.29, 0.717) is 6.54 Å². The van der Waals surface area contributed by atoms with Crippen molar-refractivity contribution in [1.82, 2.24) is 19.5 Å². The summed E-state index contributed by atoms with van der Waals surface area (Å²) in [5.74, 6) is 1.83. The van der Waals surface area contributed by atoms with Crippen LogP contribution in [0.5, 0.6) is 0 Å². The normalized spacial score (nSPS) is 11.1. The lowest BCUT2D eigenvalue weighted by molar-refractivity contribution is 0.729. The van der Waals surface area contributed by atoms with Gasteiger partial charge in [0.05, 0.1) is 23.3 Å². The van der Waals surface area contributed by atoms with Crippen LogP contribution < -0.4 is 5.73 Å². The molecule has 0 saturated carbocycles. The number of hydrogen-bond acceptors (Lipinski definition) is 4. The molecule has 0 aliphatic rings. The second kappa shape index (κ2) is 4.92. The lowest BCUT2D eigenvalue weighted by atomic mass is 10.2. The zero-order valence-electron chi connectivity index (χ0n) is 11.7. The van der Waals surface area contributed by atoms with Crippen LogP contribution in [0.25, 0.3) is 11.0 Å². The number of nitrogens with zero attached hydrogens (tertiary/aromatic N) is 4. The van der Waals surface area contributed by atoms with Gasteiger partial charge in [0.1, 0.15) is 11.6 Å². The average Bonchev–Trinajstić information content (AvgIpc) is 2.76. The largest absolute Gasteiger partial charge is 0.399 e. The van der Waals surface area contributed by atoms with Crippen molar-refractivity contribution in [3.63, 3.8) is 0 Å². The molecular weight excluding hydrogens is 250 g/mol. The van der Waals surface area contributed by atoms with Crippen LogP contribution in [0.4, 0.5) is 5.69 Å². The summed E-state index contributed by atoms with van der Waals surface area (Å²) >= 11 is 0. The predicted molar refractivity (Wildman–Crippen MR) is 79.4 cm³/mol. The van der Waals surface area contributed by atoms with Gasteiger partial charge < -0.3 is 10.3 Å². The molecule has 0 saturated heterocycles. The molecule has 0 amide bonds. The zero-order chi connectivity index (χ0) is 14.1. The molecule has 3 rings (SSSR count). The number of nitrogens with two attached hydrogens (primary N) is 1. The summed E-state index contributed by atoms with van der Waals surface area (Å²) in [6, 6.07) is 7.78. The topological polar surface area (TPSA) is 69.6 Å². The number of rotatable bonds is 3. The van der Waals surface area contributed by atoms with Crippen molar-refractivity contribution in [2.75, 3.05) is 5.73 Å². The Morgan fingerprint density at radius 3 is 2.80 bits per heavy atom. The Kier molecular flexibility index (Phi) is 3.10. The van der Waals surface area contributed by atoms with Crippen LogP contribution in [0.3, 0.4) is 0 Å². The molecule has 2 heterocycles. The first-order valence-corrected chi connectivity index (χ1v) is 6.70. The summed E-state index contributed by atoms with van der Waals surface area (Å²) in [4.78, 5) is 13.2. The van der Waals surface area contributed by atoms with E-state index in [1.165, 1.54) is 0 Å². The van der Waals surface area contributed by atoms with E-state index in [9.17, 15) is 0 Å². The van der Waals surface area contributed by atoms with Crippen LogP contribution in [-0.2, 0) is 13.0 Å². The van der Waals surface area contributed by atoms with Gasteiger partial charge in [0.25, 0.3) is 0 Å². The highest BCUT2D eigenvalue weighted by molar-refractivity contribution is 5.79. The number of aromatic nitrogens is 4. The van der Waals surface area contributed by atoms with Gasteiger partial charge in [0.15, 0.2) is 0 Å². The van der Waals surface area contributed by atoms with E-state index < -0.39 is 0 Å². The molecule has 2 N–H and O–H groups in total. The molecule has 0 fully saturated rings. The van der Waals surface area contributed by atoms with Crippen molar-refractivity contribution in [2.45, 2.75) is 26.8 Å². The molecule has 20 heavy (non-hydrogen) atoms. The molecule has 0 aliphatic carbocycles. The van der Waals surface area contributed by atoms with E-state index in [4.69, 9.17) is 5.73 Å². The Morgan fingerprint density at radius 1 is 1.20 bits per heavy atom. The molecule has 102 valence electrons. The van der Waals surface area contributed by atoms with Crippen molar-refractivity contribution in [2.24, 2.45) is 0 Å². The van der Waals surface area contributed by atoms with Crippen LogP contribution in [0.2, 0.25) is 0 Å². The predicted octanol–water partition coefficient (Wildman–Crippen LogP) is 2.33. The van der Waals surface area contributed by atoms with Crippen molar-refractivity contribution in [1.29, 1.82) is 0 Å². The monoisotopic (exact) mass is 267 g/mol. The molecule has 3 aromatic rings. The smallest absolute Gasteiger partial charge is 0.125 e. The molecule has 1 aromatic carbocycles. The Bertz CT molecular complexity index is 760. The molecule has 0 unspecified atom stereocenters. The van der Waals surface area contributed by atoms with Crippen LogP contribution in [0.15, 0.2) is 30.5 Å². The first kappa shape index (κ1) is 12.6. The maximum absolute atomic E-state index is 5.83. The summed E-state index contributed by atoms with van der Waals surface area (Å²) in [6.45, 7) is 4.70. The van der Waals surface area contributed by atoms with Crippen LogP contribution in [0.1, 0.15) is 24.3 Å². The minimum absolute atomic E-state index is 0.701. The summed E-state index contributed by atoms with van der Waals surface area (Å²) < 4.78 is 2.19. The maximum atomic E-state index is 5.83. The first-order chi connectivity index (χ1) is 9.67. The molecule has 0 radical (unpaired) electrons. The highest BCUT2D eigenvalue weighted by atomic mass is 15.1. The van der Waals surface area contributed by atoms with Crippen LogP contribution >= 0.6 is 0 Å². The molecule has 0 aliphatic heterocycles. The molecule has 0 atom stereocenters. The quantitative estimate of drug-likeness (QED) is 0.739. The van der Waals surface area contributed by atoms with Gasteiger partial charge >= 0.3 is 0 Å². The van der Waals surface area contributed by atoms with Crippen LogP contribution in [-0.4, -0.2) is 19.5 Å². The third-order valence-electron chi connectivity index (χ3n) is 3.32. The summed E-state index contributed by atoms with van der Waals surface area (Å²) in [6.07, 6.45) is 2.67. The van der Waals surface area contributed by atoms with Gasteiger partial charge in [-0.3, -0.25) is 0 Å². The summed E-state index contributed by atoms with van der Waals surface area (Å²) in [5, 5.41) is 0. The number of imidazole rings is 1. The fraction of sp³-hybridized carbons (Fsp3) is 0.267. The van der Waals surface area contributed by atoms with E-state index in [1.807, 2.05) is 31.2 Å². The summed E-state index contributed by atoms with van der Waals surface area (Å²) in [5.41, 5.74) is 9.58. The molecule has 5 nitrogen and oxygen atoms in total. The standard InChI is InChI=1S/C15H17N5/c1-3-15-19-13-8-11(16)4-5-14(13)20(15)9-12-6-7-17-10(2)18-12/h4-8H,3,9,16H2,1-2H3. The highest BCUT2D eigenvalue weighted by Crippen LogP contribution is 2.20. The van der Waals surface area contributed by atoms with Crippen molar-refractivity contribution in [3.8, 4) is 0 Å². The second-order valence-corrected chi connectivity index (χ2v) is 4.81. The second-order valence-electron chi connectivity index (χ2n) is 4.81. The number of nitrogen functional groups attached to an aromatic ring is 1. The number of hydrogen-bond donors (Lipinski definition) is 1. The van der Waals surface area contributed by atoms with Gasteiger partial charge in [0.2, 0.25) is 0 Å². The Balaban J connectivity index is 2.10. The van der Waals surface area contributed by atoms with Gasteiger partial charge in [-0.1, -0.05) is 6.92 Å². The van der Waals surface area contributed by atoms with Gasteiger partial charge in [-0.05, 0) is 31.2 Å². The van der Waals surface area contributed by atoms with Gasteiger partial charge in [-0.25, -0.2) is 15.0 Å². The van der Waals surface area contributed by atoms with E-state index >= 15 is 0 Å². The summed E-state index contributed by atoms with van der Waals surface area (Å²) in [7, 11) is 0. The fourth-order valence-electron chi connectivity index (χ4n) is 2.40. The fourth-order valence-corrected chi connectivity index (χ4v) is 2.40. The van der Waals surface area contributed by atoms with Gasteiger partial charge in [0, 0.05) is 18.3 Å². The van der Waals surface area contributed by atoms with E-state index in [2.05, 4.69) is 26.4 Å². The third-order valence-corrected chi connectivity index (χ3v) is 3.32. The van der Waals surface area contributed by atoms with E-state index in [0.717, 1.165) is 40.5 Å². The first-order valence-electron chi connectivity index (χ1n) is 6.70. The molecule has 2 aromatic heterocycles. The number of benzene rings is 1. The lowest BCUT2D eigenvalue weighted by Gasteiger charge is -2.08. The number of anilines is 1. The Hall–Kier alpha value is -2.43. The van der Waals surface area contributed by atoms with E-state index in [-0.39, 0.29) is 0 Å². The number of fused-ring (bicyclic) bond motifs is 1. The van der Waals surface area contributed by atoms with Crippen molar-refractivity contribution >= 4 is 16.7 Å².